The highest BCUT2D eigenvalue weighted by Crippen LogP contribution is 2.23. The average molecular weight is 284 g/mol. The lowest BCUT2D eigenvalue weighted by Crippen LogP contribution is -2.16. The van der Waals surface area contributed by atoms with Crippen molar-refractivity contribution in [1.82, 2.24) is 0 Å². The Morgan fingerprint density at radius 2 is 1.35 bits per heavy atom. The SMILES string of the molecule is CCCC[C@@H](CC)CC[C@H](CCC(CC)CC)OC=O. The van der Waals surface area contributed by atoms with E-state index in [0.29, 0.717) is 6.47 Å². The predicted octanol–water partition coefficient (Wildman–Crippen LogP) is 5.74. The highest BCUT2D eigenvalue weighted by atomic mass is 16.5. The van der Waals surface area contributed by atoms with Crippen LogP contribution in [-0.2, 0) is 9.53 Å². The molecule has 0 bridgehead atoms. The smallest absolute Gasteiger partial charge is 0.293 e. The van der Waals surface area contributed by atoms with Crippen LogP contribution in [-0.4, -0.2) is 12.6 Å². The van der Waals surface area contributed by atoms with Gasteiger partial charge < -0.3 is 4.74 Å². The quantitative estimate of drug-likeness (QED) is 0.380. The monoisotopic (exact) mass is 284 g/mol. The summed E-state index contributed by atoms with van der Waals surface area (Å²) in [5.41, 5.74) is 0. The molecule has 0 aromatic carbocycles. The minimum atomic E-state index is 0.142. The topological polar surface area (TPSA) is 26.3 Å². The fourth-order valence-electron chi connectivity index (χ4n) is 2.94. The van der Waals surface area contributed by atoms with Crippen molar-refractivity contribution in [2.24, 2.45) is 11.8 Å². The molecule has 0 N–H and O–H groups in total. The normalized spacial score (nSPS) is 14.2. The van der Waals surface area contributed by atoms with Gasteiger partial charge in [0.15, 0.2) is 0 Å². The van der Waals surface area contributed by atoms with Gasteiger partial charge in [0, 0.05) is 0 Å². The minimum absolute atomic E-state index is 0.142. The van der Waals surface area contributed by atoms with Crippen LogP contribution in [0.15, 0.2) is 0 Å². The van der Waals surface area contributed by atoms with E-state index in [4.69, 9.17) is 4.74 Å². The van der Waals surface area contributed by atoms with E-state index in [-0.39, 0.29) is 6.10 Å². The number of rotatable bonds is 14. The van der Waals surface area contributed by atoms with Crippen LogP contribution in [0.3, 0.4) is 0 Å². The highest BCUT2D eigenvalue weighted by Gasteiger charge is 2.15. The first-order valence-corrected chi connectivity index (χ1v) is 8.80. The van der Waals surface area contributed by atoms with Crippen molar-refractivity contribution in [3.63, 3.8) is 0 Å². The molecule has 0 aliphatic carbocycles. The van der Waals surface area contributed by atoms with Crippen molar-refractivity contribution in [2.45, 2.75) is 98.0 Å². The van der Waals surface area contributed by atoms with Crippen LogP contribution in [0.4, 0.5) is 0 Å². The molecular formula is C18H36O2. The average Bonchev–Trinajstić information content (AvgIpc) is 2.48. The number of hydrogen-bond acceptors (Lipinski definition) is 2. The van der Waals surface area contributed by atoms with Crippen LogP contribution in [0.5, 0.6) is 0 Å². The molecule has 20 heavy (non-hydrogen) atoms. The second-order valence-electron chi connectivity index (χ2n) is 6.11. The summed E-state index contributed by atoms with van der Waals surface area (Å²) in [5.74, 6) is 1.59. The Balaban J connectivity index is 4.07. The molecule has 2 heteroatoms. The van der Waals surface area contributed by atoms with E-state index in [1.807, 2.05) is 0 Å². The summed E-state index contributed by atoms with van der Waals surface area (Å²) in [6.45, 7) is 9.68. The highest BCUT2D eigenvalue weighted by molar-refractivity contribution is 5.37. The van der Waals surface area contributed by atoms with E-state index >= 15 is 0 Å². The van der Waals surface area contributed by atoms with E-state index in [1.165, 1.54) is 51.4 Å². The predicted molar refractivity (Wildman–Crippen MR) is 86.8 cm³/mol. The Morgan fingerprint density at radius 1 is 0.800 bits per heavy atom. The lowest BCUT2D eigenvalue weighted by molar-refractivity contribution is -0.134. The molecule has 0 saturated heterocycles. The third-order valence-electron chi connectivity index (χ3n) is 4.74. The number of carbonyl (C=O) groups is 1. The van der Waals surface area contributed by atoms with Crippen molar-refractivity contribution in [3.8, 4) is 0 Å². The maximum Gasteiger partial charge on any atom is 0.293 e. The minimum Gasteiger partial charge on any atom is -0.465 e. The fourth-order valence-corrected chi connectivity index (χ4v) is 2.94. The van der Waals surface area contributed by atoms with Crippen molar-refractivity contribution in [1.29, 1.82) is 0 Å². The first kappa shape index (κ1) is 19.5. The van der Waals surface area contributed by atoms with Crippen LogP contribution in [0.2, 0.25) is 0 Å². The van der Waals surface area contributed by atoms with Crippen molar-refractivity contribution < 1.29 is 9.53 Å². The largest absolute Gasteiger partial charge is 0.465 e. The van der Waals surface area contributed by atoms with E-state index < -0.39 is 0 Å². The zero-order valence-electron chi connectivity index (χ0n) is 14.2. The van der Waals surface area contributed by atoms with Gasteiger partial charge in [-0.05, 0) is 37.5 Å². The second-order valence-corrected chi connectivity index (χ2v) is 6.11. The Hall–Kier alpha value is -0.530. The molecule has 0 aromatic rings. The molecule has 120 valence electrons. The first-order valence-electron chi connectivity index (χ1n) is 8.80. The Bertz CT molecular complexity index is 211. The first-order chi connectivity index (χ1) is 9.71. The van der Waals surface area contributed by atoms with Crippen LogP contribution in [0.25, 0.3) is 0 Å². The number of ether oxygens (including phenoxy) is 1. The third-order valence-corrected chi connectivity index (χ3v) is 4.74. The molecule has 0 aliphatic heterocycles. The molecule has 0 amide bonds. The van der Waals surface area contributed by atoms with Crippen molar-refractivity contribution >= 4 is 6.47 Å². The van der Waals surface area contributed by atoms with Gasteiger partial charge in [-0.2, -0.15) is 0 Å². The lowest BCUT2D eigenvalue weighted by Gasteiger charge is -2.21. The summed E-state index contributed by atoms with van der Waals surface area (Å²) < 4.78 is 5.30. The molecule has 0 radical (unpaired) electrons. The summed E-state index contributed by atoms with van der Waals surface area (Å²) in [6, 6.07) is 0. The summed E-state index contributed by atoms with van der Waals surface area (Å²) in [5, 5.41) is 0. The van der Waals surface area contributed by atoms with Gasteiger partial charge in [0.2, 0.25) is 0 Å². The molecule has 0 aliphatic rings. The zero-order valence-corrected chi connectivity index (χ0v) is 14.2. The Morgan fingerprint density at radius 3 is 1.80 bits per heavy atom. The van der Waals surface area contributed by atoms with Crippen LogP contribution >= 0.6 is 0 Å². The second kappa shape index (κ2) is 13.5. The molecule has 2 atom stereocenters. The molecule has 0 spiro atoms. The Kier molecular flexibility index (Phi) is 13.1. The summed E-state index contributed by atoms with van der Waals surface area (Å²) in [4.78, 5) is 10.7. The molecule has 2 nitrogen and oxygen atoms in total. The van der Waals surface area contributed by atoms with Gasteiger partial charge in [0.05, 0.1) is 0 Å². The van der Waals surface area contributed by atoms with Crippen LogP contribution < -0.4 is 0 Å². The third kappa shape index (κ3) is 9.39. The van der Waals surface area contributed by atoms with Gasteiger partial charge in [-0.1, -0.05) is 66.2 Å². The van der Waals surface area contributed by atoms with Gasteiger partial charge >= 0.3 is 0 Å². The standard InChI is InChI=1S/C18H36O2/c1-5-9-10-17(8-4)12-14-18(20-15-19)13-11-16(6-2)7-3/h15-18H,5-14H2,1-4H3/t17-,18+/m1/s1. The van der Waals surface area contributed by atoms with E-state index in [1.54, 1.807) is 0 Å². The van der Waals surface area contributed by atoms with E-state index in [0.717, 1.165) is 24.7 Å². The van der Waals surface area contributed by atoms with Crippen LogP contribution in [0, 0.1) is 11.8 Å². The summed E-state index contributed by atoms with van der Waals surface area (Å²) in [7, 11) is 0. The molecule has 0 saturated carbocycles. The molecule has 0 aromatic heterocycles. The molecular weight excluding hydrogens is 248 g/mol. The maximum atomic E-state index is 10.7. The number of unbranched alkanes of at least 4 members (excludes halogenated alkanes) is 1. The molecule has 0 fully saturated rings. The summed E-state index contributed by atoms with van der Waals surface area (Å²) in [6.07, 6.45) is 12.3. The van der Waals surface area contributed by atoms with Crippen molar-refractivity contribution in [2.75, 3.05) is 0 Å². The van der Waals surface area contributed by atoms with Gasteiger partial charge in [-0.15, -0.1) is 0 Å². The Labute approximate surface area is 126 Å². The van der Waals surface area contributed by atoms with Crippen molar-refractivity contribution in [3.05, 3.63) is 0 Å². The zero-order chi connectivity index (χ0) is 15.2. The van der Waals surface area contributed by atoms with Crippen LogP contribution in [0.1, 0.15) is 91.9 Å². The van der Waals surface area contributed by atoms with Gasteiger partial charge in [-0.3, -0.25) is 4.79 Å². The molecule has 0 rings (SSSR count). The van der Waals surface area contributed by atoms with E-state index in [9.17, 15) is 4.79 Å². The van der Waals surface area contributed by atoms with Gasteiger partial charge in [0.1, 0.15) is 6.10 Å². The maximum absolute atomic E-state index is 10.7. The lowest BCUT2D eigenvalue weighted by atomic mass is 9.90. The van der Waals surface area contributed by atoms with E-state index in [2.05, 4.69) is 27.7 Å². The van der Waals surface area contributed by atoms with Gasteiger partial charge in [-0.25, -0.2) is 0 Å². The van der Waals surface area contributed by atoms with Gasteiger partial charge in [0.25, 0.3) is 6.47 Å². The number of carbonyl (C=O) groups excluding carboxylic acids is 1. The fraction of sp³-hybridized carbons (Fsp3) is 0.944. The molecule has 0 unspecified atom stereocenters. The molecule has 0 heterocycles. The number of hydrogen-bond donors (Lipinski definition) is 0. The summed E-state index contributed by atoms with van der Waals surface area (Å²) >= 11 is 0.